The zero-order chi connectivity index (χ0) is 22.7. The van der Waals surface area contributed by atoms with Gasteiger partial charge in [-0.15, -0.1) is 0 Å². The molecule has 10 heteroatoms. The van der Waals surface area contributed by atoms with E-state index in [-0.39, 0.29) is 12.3 Å². The smallest absolute Gasteiger partial charge is 0.326 e. The molecule has 7 N–H and O–H groups in total. The van der Waals surface area contributed by atoms with Crippen molar-refractivity contribution >= 4 is 23.7 Å². The minimum atomic E-state index is -1.19. The SMILES string of the molecule is CCC(C)C(NC(=O)CNC(=O)C(N)CO)C(=O)NC(Cc1ccccc1)C(=O)O. The van der Waals surface area contributed by atoms with Crippen LogP contribution in [0, 0.1) is 5.92 Å². The van der Waals surface area contributed by atoms with Crippen LogP contribution < -0.4 is 21.7 Å². The molecule has 0 aromatic heterocycles. The second kappa shape index (κ2) is 12.6. The maximum atomic E-state index is 12.7. The number of aliphatic carboxylic acids is 1. The zero-order valence-corrected chi connectivity index (χ0v) is 17.1. The molecular weight excluding hydrogens is 392 g/mol. The molecule has 0 aliphatic heterocycles. The fourth-order valence-electron chi connectivity index (χ4n) is 2.62. The fourth-order valence-corrected chi connectivity index (χ4v) is 2.62. The molecule has 0 aliphatic carbocycles. The van der Waals surface area contributed by atoms with Gasteiger partial charge in [0.2, 0.25) is 17.7 Å². The van der Waals surface area contributed by atoms with Gasteiger partial charge < -0.3 is 31.9 Å². The van der Waals surface area contributed by atoms with Gasteiger partial charge in [-0.3, -0.25) is 14.4 Å². The highest BCUT2D eigenvalue weighted by Crippen LogP contribution is 2.10. The van der Waals surface area contributed by atoms with Crippen molar-refractivity contribution in [2.75, 3.05) is 13.2 Å². The molecular formula is C20H30N4O6. The van der Waals surface area contributed by atoms with Crippen LogP contribution >= 0.6 is 0 Å². The van der Waals surface area contributed by atoms with Crippen molar-refractivity contribution in [1.82, 2.24) is 16.0 Å². The maximum absolute atomic E-state index is 12.7. The van der Waals surface area contributed by atoms with Gasteiger partial charge in [0.1, 0.15) is 18.1 Å². The average Bonchev–Trinajstić information content (AvgIpc) is 2.74. The molecule has 0 heterocycles. The number of carbonyl (C=O) groups is 4. The van der Waals surface area contributed by atoms with Crippen molar-refractivity contribution in [3.8, 4) is 0 Å². The molecule has 0 saturated heterocycles. The molecule has 1 rings (SSSR count). The van der Waals surface area contributed by atoms with E-state index in [4.69, 9.17) is 10.8 Å². The number of benzene rings is 1. The molecule has 1 aromatic rings. The number of hydrogen-bond donors (Lipinski definition) is 6. The molecule has 4 atom stereocenters. The third kappa shape index (κ3) is 8.18. The molecule has 0 saturated carbocycles. The molecule has 30 heavy (non-hydrogen) atoms. The third-order valence-electron chi connectivity index (χ3n) is 4.67. The Balaban J connectivity index is 2.78. The predicted octanol–water partition coefficient (Wildman–Crippen LogP) is -1.23. The first-order valence-electron chi connectivity index (χ1n) is 9.70. The number of aliphatic hydroxyl groups excluding tert-OH is 1. The number of aliphatic hydroxyl groups is 1. The molecule has 0 aliphatic rings. The summed E-state index contributed by atoms with van der Waals surface area (Å²) in [6.45, 7) is 2.58. The van der Waals surface area contributed by atoms with Crippen LogP contribution in [0.5, 0.6) is 0 Å². The number of amides is 3. The molecule has 0 bridgehead atoms. The van der Waals surface area contributed by atoms with Gasteiger partial charge in [-0.1, -0.05) is 50.6 Å². The van der Waals surface area contributed by atoms with Crippen LogP contribution in [0.4, 0.5) is 0 Å². The summed E-state index contributed by atoms with van der Waals surface area (Å²) in [7, 11) is 0. The molecule has 4 unspecified atom stereocenters. The zero-order valence-electron chi connectivity index (χ0n) is 17.1. The summed E-state index contributed by atoms with van der Waals surface area (Å²) < 4.78 is 0. The van der Waals surface area contributed by atoms with Crippen LogP contribution in [0.3, 0.4) is 0 Å². The van der Waals surface area contributed by atoms with Crippen molar-refractivity contribution in [3.05, 3.63) is 35.9 Å². The number of carbonyl (C=O) groups excluding carboxylic acids is 3. The fraction of sp³-hybridized carbons (Fsp3) is 0.500. The number of hydrogen-bond acceptors (Lipinski definition) is 6. The third-order valence-corrected chi connectivity index (χ3v) is 4.67. The Labute approximate surface area is 175 Å². The Morgan fingerprint density at radius 1 is 1.07 bits per heavy atom. The summed E-state index contributed by atoms with van der Waals surface area (Å²) in [6, 6.07) is 5.57. The first-order valence-corrected chi connectivity index (χ1v) is 9.70. The number of nitrogens with one attached hydrogen (secondary N) is 3. The highest BCUT2D eigenvalue weighted by molar-refractivity contribution is 5.92. The van der Waals surface area contributed by atoms with E-state index in [1.165, 1.54) is 0 Å². The summed E-state index contributed by atoms with van der Waals surface area (Å²) in [5.74, 6) is -3.43. The van der Waals surface area contributed by atoms with E-state index >= 15 is 0 Å². The van der Waals surface area contributed by atoms with E-state index in [0.29, 0.717) is 6.42 Å². The van der Waals surface area contributed by atoms with E-state index in [1.807, 2.05) is 6.92 Å². The Kier molecular flexibility index (Phi) is 10.5. The molecule has 10 nitrogen and oxygen atoms in total. The van der Waals surface area contributed by atoms with Crippen LogP contribution in [-0.4, -0.2) is 65.2 Å². The Hall–Kier alpha value is -2.98. The molecule has 0 fully saturated rings. The summed E-state index contributed by atoms with van der Waals surface area (Å²) >= 11 is 0. The maximum Gasteiger partial charge on any atom is 0.326 e. The molecule has 0 radical (unpaired) electrons. The van der Waals surface area contributed by atoms with Gasteiger partial charge in [0.15, 0.2) is 0 Å². The highest BCUT2D eigenvalue weighted by atomic mass is 16.4. The topological polar surface area (TPSA) is 171 Å². The van der Waals surface area contributed by atoms with Crippen LogP contribution in [0.1, 0.15) is 25.8 Å². The van der Waals surface area contributed by atoms with Crippen molar-refractivity contribution in [2.45, 2.75) is 44.8 Å². The lowest BCUT2D eigenvalue weighted by Gasteiger charge is -2.25. The minimum absolute atomic E-state index is 0.0954. The van der Waals surface area contributed by atoms with Gasteiger partial charge >= 0.3 is 5.97 Å². The number of nitrogens with two attached hydrogens (primary N) is 1. The second-order valence-corrected chi connectivity index (χ2v) is 7.03. The monoisotopic (exact) mass is 422 g/mol. The lowest BCUT2D eigenvalue weighted by molar-refractivity contribution is -0.142. The molecule has 0 spiro atoms. The average molecular weight is 422 g/mol. The summed E-state index contributed by atoms with van der Waals surface area (Å²) in [5.41, 5.74) is 6.10. The first-order chi connectivity index (χ1) is 14.2. The lowest BCUT2D eigenvalue weighted by Crippen LogP contribution is -2.56. The van der Waals surface area contributed by atoms with Crippen LogP contribution in [-0.2, 0) is 25.6 Å². The Bertz CT molecular complexity index is 727. The second-order valence-electron chi connectivity index (χ2n) is 7.03. The van der Waals surface area contributed by atoms with Crippen LogP contribution in [0.15, 0.2) is 30.3 Å². The predicted molar refractivity (Wildman–Crippen MR) is 109 cm³/mol. The number of carboxylic acids is 1. The van der Waals surface area contributed by atoms with E-state index < -0.39 is 55.0 Å². The standard InChI is InChI=1S/C20H30N4O6/c1-3-12(2)17(24-16(26)10-22-18(27)14(21)11-25)19(28)23-15(20(29)30)9-13-7-5-4-6-8-13/h4-8,12,14-15,17,25H,3,9-11,21H2,1-2H3,(H,22,27)(H,23,28)(H,24,26)(H,29,30). The van der Waals surface area contributed by atoms with Crippen LogP contribution in [0.2, 0.25) is 0 Å². The number of carboxylic acid groups (broad SMARTS) is 1. The van der Waals surface area contributed by atoms with Gasteiger partial charge in [-0.25, -0.2) is 4.79 Å². The van der Waals surface area contributed by atoms with Crippen LogP contribution in [0.25, 0.3) is 0 Å². The van der Waals surface area contributed by atoms with Crippen molar-refractivity contribution in [3.63, 3.8) is 0 Å². The summed E-state index contributed by atoms with van der Waals surface area (Å²) in [5, 5.41) is 25.6. The van der Waals surface area contributed by atoms with E-state index in [2.05, 4.69) is 16.0 Å². The largest absolute Gasteiger partial charge is 0.480 e. The van der Waals surface area contributed by atoms with E-state index in [9.17, 15) is 24.3 Å². The molecule has 3 amide bonds. The normalized spacial score (nSPS) is 14.7. The van der Waals surface area contributed by atoms with Gasteiger partial charge in [-0.05, 0) is 11.5 Å². The Morgan fingerprint density at radius 3 is 2.23 bits per heavy atom. The van der Waals surface area contributed by atoms with Crippen molar-refractivity contribution < 1.29 is 29.4 Å². The van der Waals surface area contributed by atoms with Crippen molar-refractivity contribution in [1.29, 1.82) is 0 Å². The summed E-state index contributed by atoms with van der Waals surface area (Å²) in [6.07, 6.45) is 0.648. The molecule has 166 valence electrons. The quantitative estimate of drug-likeness (QED) is 0.245. The van der Waals surface area contributed by atoms with Gasteiger partial charge in [0.05, 0.1) is 13.2 Å². The van der Waals surface area contributed by atoms with E-state index in [1.54, 1.807) is 37.3 Å². The molecule has 1 aromatic carbocycles. The van der Waals surface area contributed by atoms with Gasteiger partial charge in [-0.2, -0.15) is 0 Å². The Morgan fingerprint density at radius 2 is 1.70 bits per heavy atom. The highest BCUT2D eigenvalue weighted by Gasteiger charge is 2.30. The van der Waals surface area contributed by atoms with E-state index in [0.717, 1.165) is 5.56 Å². The van der Waals surface area contributed by atoms with Gasteiger partial charge in [0.25, 0.3) is 0 Å². The first kappa shape index (κ1) is 25.1. The van der Waals surface area contributed by atoms with Gasteiger partial charge in [0, 0.05) is 6.42 Å². The minimum Gasteiger partial charge on any atom is -0.480 e. The summed E-state index contributed by atoms with van der Waals surface area (Å²) in [4.78, 5) is 48.1. The number of rotatable bonds is 12. The van der Waals surface area contributed by atoms with Crippen molar-refractivity contribution in [2.24, 2.45) is 11.7 Å². The lowest BCUT2D eigenvalue weighted by atomic mass is 9.97.